The largest absolute Gasteiger partial charge is 0.327 e. The van der Waals surface area contributed by atoms with Crippen molar-refractivity contribution in [1.29, 1.82) is 0 Å². The lowest BCUT2D eigenvalue weighted by molar-refractivity contribution is 0.718. The van der Waals surface area contributed by atoms with E-state index in [4.69, 9.17) is 5.73 Å². The fraction of sp³-hybridized carbons (Fsp3) is 0.294. The second-order valence-corrected chi connectivity index (χ2v) is 6.28. The van der Waals surface area contributed by atoms with Crippen molar-refractivity contribution >= 4 is 11.8 Å². The lowest BCUT2D eigenvalue weighted by Gasteiger charge is -2.22. The van der Waals surface area contributed by atoms with Gasteiger partial charge in [-0.15, -0.1) is 11.8 Å². The van der Waals surface area contributed by atoms with Gasteiger partial charge in [0.05, 0.1) is 0 Å². The van der Waals surface area contributed by atoms with Gasteiger partial charge in [0.25, 0.3) is 0 Å². The monoisotopic (exact) mass is 271 g/mol. The molecule has 2 aromatic rings. The average Bonchev–Trinajstić information content (AvgIpc) is 2.39. The number of rotatable bonds is 4. The van der Waals surface area contributed by atoms with Crippen molar-refractivity contribution in [3.05, 3.63) is 65.2 Å². The van der Waals surface area contributed by atoms with Gasteiger partial charge in [-0.3, -0.25) is 0 Å². The number of aryl methyl sites for hydroxylation is 2. The van der Waals surface area contributed by atoms with Crippen LogP contribution < -0.4 is 5.73 Å². The van der Waals surface area contributed by atoms with Gasteiger partial charge in [0.15, 0.2) is 0 Å². The Bertz CT molecular complexity index is 531. The molecule has 2 aromatic carbocycles. The van der Waals surface area contributed by atoms with Gasteiger partial charge in [-0.1, -0.05) is 42.0 Å². The molecule has 0 amide bonds. The van der Waals surface area contributed by atoms with E-state index in [0.29, 0.717) is 5.25 Å². The lowest BCUT2D eigenvalue weighted by atomic mass is 10.0. The Morgan fingerprint density at radius 2 is 1.58 bits per heavy atom. The third-order valence-corrected chi connectivity index (χ3v) is 4.74. The van der Waals surface area contributed by atoms with E-state index < -0.39 is 0 Å². The standard InChI is InChI=1S/C17H21NS/c1-12-8-10-15(11-9-12)19-17(14(3)18)16-7-5-4-6-13(16)2/h4-11,14,17H,18H2,1-3H3. The van der Waals surface area contributed by atoms with E-state index in [-0.39, 0.29) is 6.04 Å². The number of hydrogen-bond acceptors (Lipinski definition) is 2. The molecule has 2 rings (SSSR count). The normalized spacial score (nSPS) is 14.1. The van der Waals surface area contributed by atoms with E-state index in [1.54, 1.807) is 0 Å². The van der Waals surface area contributed by atoms with Crippen LogP contribution in [0.1, 0.15) is 28.9 Å². The first-order valence-corrected chi connectivity index (χ1v) is 7.50. The lowest BCUT2D eigenvalue weighted by Crippen LogP contribution is -2.23. The van der Waals surface area contributed by atoms with E-state index in [0.717, 1.165) is 0 Å². The van der Waals surface area contributed by atoms with E-state index in [1.807, 2.05) is 11.8 Å². The van der Waals surface area contributed by atoms with Gasteiger partial charge in [0, 0.05) is 16.2 Å². The summed E-state index contributed by atoms with van der Waals surface area (Å²) in [5, 5.41) is 0.295. The van der Waals surface area contributed by atoms with Crippen molar-refractivity contribution in [1.82, 2.24) is 0 Å². The van der Waals surface area contributed by atoms with Crippen molar-refractivity contribution in [3.63, 3.8) is 0 Å². The molecule has 0 saturated carbocycles. The summed E-state index contributed by atoms with van der Waals surface area (Å²) in [6.07, 6.45) is 0. The highest BCUT2D eigenvalue weighted by molar-refractivity contribution is 7.99. The highest BCUT2D eigenvalue weighted by Crippen LogP contribution is 2.38. The Balaban J connectivity index is 2.27. The zero-order chi connectivity index (χ0) is 13.8. The number of hydrogen-bond donors (Lipinski definition) is 1. The first kappa shape index (κ1) is 14.2. The molecular weight excluding hydrogens is 250 g/mol. The molecule has 0 bridgehead atoms. The quantitative estimate of drug-likeness (QED) is 0.829. The molecule has 0 aromatic heterocycles. The Morgan fingerprint density at radius 3 is 2.16 bits per heavy atom. The Morgan fingerprint density at radius 1 is 0.947 bits per heavy atom. The minimum atomic E-state index is 0.118. The van der Waals surface area contributed by atoms with Crippen LogP contribution in [0.15, 0.2) is 53.4 Å². The maximum absolute atomic E-state index is 6.19. The van der Waals surface area contributed by atoms with Crippen molar-refractivity contribution < 1.29 is 0 Å². The van der Waals surface area contributed by atoms with Crippen LogP contribution in [0.2, 0.25) is 0 Å². The van der Waals surface area contributed by atoms with E-state index in [1.165, 1.54) is 21.6 Å². The second kappa shape index (κ2) is 6.27. The molecule has 0 aliphatic rings. The van der Waals surface area contributed by atoms with Crippen LogP contribution in [0.25, 0.3) is 0 Å². The van der Waals surface area contributed by atoms with Crippen molar-refractivity contribution in [2.75, 3.05) is 0 Å². The molecule has 19 heavy (non-hydrogen) atoms. The minimum absolute atomic E-state index is 0.118. The molecule has 0 aliphatic heterocycles. The van der Waals surface area contributed by atoms with E-state index in [9.17, 15) is 0 Å². The molecule has 2 heteroatoms. The fourth-order valence-corrected chi connectivity index (χ4v) is 3.32. The summed E-state index contributed by atoms with van der Waals surface area (Å²) in [5.41, 5.74) is 10.1. The highest BCUT2D eigenvalue weighted by Gasteiger charge is 2.19. The van der Waals surface area contributed by atoms with Gasteiger partial charge in [-0.2, -0.15) is 0 Å². The molecule has 0 radical (unpaired) electrons. The topological polar surface area (TPSA) is 26.0 Å². The average molecular weight is 271 g/mol. The van der Waals surface area contributed by atoms with Crippen molar-refractivity contribution in [2.45, 2.75) is 37.0 Å². The van der Waals surface area contributed by atoms with Crippen LogP contribution in [-0.2, 0) is 0 Å². The number of nitrogens with two attached hydrogens (primary N) is 1. The minimum Gasteiger partial charge on any atom is -0.327 e. The molecule has 2 unspecified atom stereocenters. The molecule has 100 valence electrons. The molecular formula is C17H21NS. The van der Waals surface area contributed by atoms with Crippen LogP contribution in [0.4, 0.5) is 0 Å². The summed E-state index contributed by atoms with van der Waals surface area (Å²) in [6, 6.07) is 17.3. The Labute approximate surface area is 120 Å². The summed E-state index contributed by atoms with van der Waals surface area (Å²) >= 11 is 1.85. The van der Waals surface area contributed by atoms with Crippen molar-refractivity contribution in [3.8, 4) is 0 Å². The van der Waals surface area contributed by atoms with Crippen LogP contribution in [-0.4, -0.2) is 6.04 Å². The summed E-state index contributed by atoms with van der Waals surface area (Å²) < 4.78 is 0. The Kier molecular flexibility index (Phi) is 4.67. The van der Waals surface area contributed by atoms with E-state index >= 15 is 0 Å². The first-order chi connectivity index (χ1) is 9.08. The van der Waals surface area contributed by atoms with Gasteiger partial charge >= 0.3 is 0 Å². The molecule has 2 atom stereocenters. The molecule has 0 fully saturated rings. The van der Waals surface area contributed by atoms with Crippen LogP contribution >= 0.6 is 11.8 Å². The van der Waals surface area contributed by atoms with Gasteiger partial charge in [0.1, 0.15) is 0 Å². The molecule has 0 heterocycles. The number of benzene rings is 2. The molecule has 0 spiro atoms. The predicted molar refractivity (Wildman–Crippen MR) is 84.6 cm³/mol. The second-order valence-electron chi connectivity index (χ2n) is 5.07. The Hall–Kier alpha value is -1.25. The molecule has 1 nitrogen and oxygen atoms in total. The molecule has 2 N–H and O–H groups in total. The number of thioether (sulfide) groups is 1. The molecule has 0 saturated heterocycles. The van der Waals surface area contributed by atoms with Crippen LogP contribution in [0.3, 0.4) is 0 Å². The smallest absolute Gasteiger partial charge is 0.0495 e. The van der Waals surface area contributed by atoms with Gasteiger partial charge < -0.3 is 5.73 Å². The van der Waals surface area contributed by atoms with Gasteiger partial charge in [-0.05, 0) is 44.0 Å². The third-order valence-electron chi connectivity index (χ3n) is 3.26. The summed E-state index contributed by atoms with van der Waals surface area (Å²) in [5.74, 6) is 0. The zero-order valence-corrected chi connectivity index (χ0v) is 12.6. The van der Waals surface area contributed by atoms with Crippen LogP contribution in [0.5, 0.6) is 0 Å². The SMILES string of the molecule is Cc1ccc(SC(c2ccccc2C)C(C)N)cc1. The van der Waals surface area contributed by atoms with Crippen LogP contribution in [0, 0.1) is 13.8 Å². The summed E-state index contributed by atoms with van der Waals surface area (Å²) in [4.78, 5) is 1.27. The molecule has 0 aliphatic carbocycles. The van der Waals surface area contributed by atoms with Crippen molar-refractivity contribution in [2.24, 2.45) is 5.73 Å². The first-order valence-electron chi connectivity index (χ1n) is 6.62. The predicted octanol–water partition coefficient (Wildman–Crippen LogP) is 4.48. The third kappa shape index (κ3) is 3.62. The summed E-state index contributed by atoms with van der Waals surface area (Å²) in [6.45, 7) is 6.34. The maximum Gasteiger partial charge on any atom is 0.0495 e. The van der Waals surface area contributed by atoms with Gasteiger partial charge in [0.2, 0.25) is 0 Å². The maximum atomic E-state index is 6.19. The van der Waals surface area contributed by atoms with Gasteiger partial charge in [-0.25, -0.2) is 0 Å². The fourth-order valence-electron chi connectivity index (χ4n) is 2.12. The highest BCUT2D eigenvalue weighted by atomic mass is 32.2. The zero-order valence-electron chi connectivity index (χ0n) is 11.8. The summed E-state index contributed by atoms with van der Waals surface area (Å²) in [7, 11) is 0. The van der Waals surface area contributed by atoms with E-state index in [2.05, 4.69) is 69.3 Å².